The Bertz CT molecular complexity index is 734. The smallest absolute Gasteiger partial charge is 0.137 e. The number of benzene rings is 1. The lowest BCUT2D eigenvalue weighted by Crippen LogP contribution is -3.00. The lowest BCUT2D eigenvalue weighted by molar-refractivity contribution is -0.00000369. The van der Waals surface area contributed by atoms with Crippen LogP contribution in [0.2, 0.25) is 0 Å². The fourth-order valence-corrected chi connectivity index (χ4v) is 2.55. The fraction of sp³-hybridized carbons (Fsp3) is 0.133. The number of aryl methyl sites for hydroxylation is 2. The van der Waals surface area contributed by atoms with Crippen molar-refractivity contribution in [3.63, 3.8) is 0 Å². The summed E-state index contributed by atoms with van der Waals surface area (Å²) in [7, 11) is 0. The average molecular weight is 428 g/mol. The zero-order valence-electron chi connectivity index (χ0n) is 10.7. The van der Waals surface area contributed by atoms with Crippen LogP contribution in [0.1, 0.15) is 11.1 Å². The maximum absolute atomic E-state index is 4.66. The molecule has 0 spiro atoms. The van der Waals surface area contributed by atoms with Crippen molar-refractivity contribution in [2.75, 3.05) is 0 Å². The molecule has 3 rings (SSSR count). The van der Waals surface area contributed by atoms with Crippen LogP contribution in [0.15, 0.2) is 47.2 Å². The topological polar surface area (TPSA) is 17.3 Å². The van der Waals surface area contributed by atoms with Crippen LogP contribution in [-0.4, -0.2) is 9.38 Å². The first kappa shape index (κ1) is 14.5. The lowest BCUT2D eigenvalue weighted by atomic mass is 10.0. The number of hydrogen-bond donors (Lipinski definition) is 0. The molecule has 0 saturated heterocycles. The van der Waals surface area contributed by atoms with E-state index < -0.39 is 0 Å². The largest absolute Gasteiger partial charge is 1.00 e. The summed E-state index contributed by atoms with van der Waals surface area (Å²) in [6.07, 6.45) is 4.09. The molecule has 98 valence electrons. The molecule has 0 bridgehead atoms. The van der Waals surface area contributed by atoms with Crippen molar-refractivity contribution in [3.8, 4) is 11.3 Å². The van der Waals surface area contributed by atoms with Gasteiger partial charge < -0.3 is 28.4 Å². The molecule has 2 heterocycles. The monoisotopic (exact) mass is 427 g/mol. The number of aromatic nitrogens is 2. The Morgan fingerprint density at radius 3 is 2.58 bits per heavy atom. The summed E-state index contributed by atoms with van der Waals surface area (Å²) in [6, 6.07) is 10.5. The van der Waals surface area contributed by atoms with Gasteiger partial charge in [-0.2, -0.15) is 0 Å². The van der Waals surface area contributed by atoms with E-state index in [9.17, 15) is 0 Å². The number of fused-ring (bicyclic) bond motifs is 1. The average Bonchev–Trinajstić information content (AvgIpc) is 2.71. The molecule has 4 heteroatoms. The number of hydrogen-bond acceptors (Lipinski definition) is 1. The molecule has 0 fully saturated rings. The van der Waals surface area contributed by atoms with Gasteiger partial charge in [0.25, 0.3) is 0 Å². The standard InChI is InChI=1S/C15H13BrN2.HI/c1-10-3-5-13(11(2)7-10)14-9-18-8-12(16)4-6-15(18)17-14;/h3-9H,1-2H3;1H/p-1. The van der Waals surface area contributed by atoms with Crippen LogP contribution in [0.5, 0.6) is 0 Å². The molecule has 1 aromatic carbocycles. The van der Waals surface area contributed by atoms with E-state index in [0.717, 1.165) is 15.8 Å². The molecular weight excluding hydrogens is 415 g/mol. The van der Waals surface area contributed by atoms with E-state index in [1.54, 1.807) is 0 Å². The van der Waals surface area contributed by atoms with Crippen LogP contribution < -0.4 is 24.0 Å². The van der Waals surface area contributed by atoms with E-state index in [1.165, 1.54) is 16.7 Å². The number of imidazole rings is 1. The number of pyridine rings is 1. The van der Waals surface area contributed by atoms with E-state index >= 15 is 0 Å². The molecule has 0 atom stereocenters. The summed E-state index contributed by atoms with van der Waals surface area (Å²) >= 11 is 3.47. The first-order valence-electron chi connectivity index (χ1n) is 5.85. The van der Waals surface area contributed by atoms with Gasteiger partial charge in [0, 0.05) is 22.4 Å². The van der Waals surface area contributed by atoms with Gasteiger partial charge in [-0.1, -0.05) is 23.8 Å². The highest BCUT2D eigenvalue weighted by molar-refractivity contribution is 9.10. The summed E-state index contributed by atoms with van der Waals surface area (Å²) in [5.74, 6) is 0. The van der Waals surface area contributed by atoms with Crippen LogP contribution in [0.4, 0.5) is 0 Å². The first-order valence-corrected chi connectivity index (χ1v) is 6.65. The number of halogens is 2. The molecule has 0 saturated carbocycles. The number of rotatable bonds is 1. The minimum absolute atomic E-state index is 0. The highest BCUT2D eigenvalue weighted by Crippen LogP contribution is 2.24. The normalized spacial score (nSPS) is 10.5. The van der Waals surface area contributed by atoms with Crippen molar-refractivity contribution < 1.29 is 24.0 Å². The van der Waals surface area contributed by atoms with Crippen LogP contribution >= 0.6 is 15.9 Å². The molecular formula is C15H13BrIN2-. The van der Waals surface area contributed by atoms with Crippen molar-refractivity contribution in [1.82, 2.24) is 9.38 Å². The Kier molecular flexibility index (Phi) is 4.30. The minimum atomic E-state index is 0. The minimum Gasteiger partial charge on any atom is -1.00 e. The Hall–Kier alpha value is -0.880. The van der Waals surface area contributed by atoms with Gasteiger partial charge in [0.15, 0.2) is 0 Å². The maximum Gasteiger partial charge on any atom is 0.137 e. The molecule has 0 aliphatic heterocycles. The highest BCUT2D eigenvalue weighted by Gasteiger charge is 2.07. The van der Waals surface area contributed by atoms with Crippen molar-refractivity contribution >= 4 is 21.6 Å². The quantitative estimate of drug-likeness (QED) is 0.536. The molecule has 0 radical (unpaired) electrons. The molecule has 3 aromatic rings. The number of nitrogens with zero attached hydrogens (tertiary/aromatic N) is 2. The van der Waals surface area contributed by atoms with E-state index in [4.69, 9.17) is 0 Å². The fourth-order valence-electron chi connectivity index (χ4n) is 2.20. The maximum atomic E-state index is 4.66. The van der Waals surface area contributed by atoms with Crippen molar-refractivity contribution in [1.29, 1.82) is 0 Å². The third kappa shape index (κ3) is 2.84. The van der Waals surface area contributed by atoms with Crippen molar-refractivity contribution in [3.05, 3.63) is 58.3 Å². The molecule has 0 unspecified atom stereocenters. The summed E-state index contributed by atoms with van der Waals surface area (Å²) < 4.78 is 3.10. The predicted molar refractivity (Wildman–Crippen MR) is 77.8 cm³/mol. The van der Waals surface area contributed by atoms with Gasteiger partial charge in [-0.15, -0.1) is 0 Å². The SMILES string of the molecule is Cc1ccc(-c2cn3cc(Br)ccc3n2)c(C)c1.[I-]. The zero-order chi connectivity index (χ0) is 12.7. The Morgan fingerprint density at radius 1 is 1.05 bits per heavy atom. The van der Waals surface area contributed by atoms with E-state index in [2.05, 4.69) is 59.2 Å². The van der Waals surface area contributed by atoms with E-state index in [1.807, 2.05) is 22.7 Å². The third-order valence-corrected chi connectivity index (χ3v) is 3.54. The molecule has 0 aliphatic carbocycles. The van der Waals surface area contributed by atoms with Crippen LogP contribution in [0.3, 0.4) is 0 Å². The summed E-state index contributed by atoms with van der Waals surface area (Å²) in [6.45, 7) is 4.24. The molecule has 19 heavy (non-hydrogen) atoms. The first-order chi connectivity index (χ1) is 8.63. The van der Waals surface area contributed by atoms with Gasteiger partial charge in [0.1, 0.15) is 5.65 Å². The van der Waals surface area contributed by atoms with Crippen LogP contribution in [0, 0.1) is 13.8 Å². The molecule has 0 N–H and O–H groups in total. The second-order valence-corrected chi connectivity index (χ2v) is 5.47. The Morgan fingerprint density at radius 2 is 1.84 bits per heavy atom. The van der Waals surface area contributed by atoms with Crippen molar-refractivity contribution in [2.45, 2.75) is 13.8 Å². The van der Waals surface area contributed by atoms with E-state index in [-0.39, 0.29) is 24.0 Å². The van der Waals surface area contributed by atoms with Crippen LogP contribution in [-0.2, 0) is 0 Å². The van der Waals surface area contributed by atoms with Gasteiger partial charge >= 0.3 is 0 Å². The second-order valence-electron chi connectivity index (χ2n) is 4.56. The highest BCUT2D eigenvalue weighted by atomic mass is 127. The zero-order valence-corrected chi connectivity index (χ0v) is 14.4. The summed E-state index contributed by atoms with van der Waals surface area (Å²) in [5.41, 5.74) is 5.72. The van der Waals surface area contributed by atoms with Crippen molar-refractivity contribution in [2.24, 2.45) is 0 Å². The van der Waals surface area contributed by atoms with E-state index in [0.29, 0.717) is 0 Å². The van der Waals surface area contributed by atoms with Gasteiger partial charge in [-0.3, -0.25) is 0 Å². The molecule has 2 nitrogen and oxygen atoms in total. The molecule has 0 amide bonds. The molecule has 0 aliphatic rings. The molecule has 2 aromatic heterocycles. The van der Waals surface area contributed by atoms with Gasteiger partial charge in [0.2, 0.25) is 0 Å². The summed E-state index contributed by atoms with van der Waals surface area (Å²) in [5, 5.41) is 0. The van der Waals surface area contributed by atoms with Gasteiger partial charge in [-0.25, -0.2) is 4.98 Å². The van der Waals surface area contributed by atoms with Gasteiger partial charge in [-0.05, 0) is 47.5 Å². The van der Waals surface area contributed by atoms with Gasteiger partial charge in [0.05, 0.1) is 5.69 Å². The Balaban J connectivity index is 0.00000133. The summed E-state index contributed by atoms with van der Waals surface area (Å²) in [4.78, 5) is 4.66. The third-order valence-electron chi connectivity index (χ3n) is 3.07. The predicted octanol–water partition coefficient (Wildman–Crippen LogP) is 1.38. The lowest BCUT2D eigenvalue weighted by Gasteiger charge is -2.02. The van der Waals surface area contributed by atoms with Crippen LogP contribution in [0.25, 0.3) is 16.9 Å². The second kappa shape index (κ2) is 5.63. The Labute approximate surface area is 138 Å².